The van der Waals surface area contributed by atoms with Crippen molar-refractivity contribution in [1.29, 1.82) is 0 Å². The first-order valence-corrected chi connectivity index (χ1v) is 9.86. The molecular weight excluding hydrogens is 340 g/mol. The Labute approximate surface area is 162 Å². The highest BCUT2D eigenvalue weighted by Crippen LogP contribution is 2.19. The zero-order valence-corrected chi connectivity index (χ0v) is 16.2. The fourth-order valence-electron chi connectivity index (χ4n) is 3.08. The first-order valence-electron chi connectivity index (χ1n) is 9.86. The van der Waals surface area contributed by atoms with Crippen LogP contribution in [0.4, 0.5) is 0 Å². The largest absolute Gasteiger partial charge is 0.381 e. The van der Waals surface area contributed by atoms with Crippen LogP contribution in [0.15, 0.2) is 48.2 Å². The summed E-state index contributed by atoms with van der Waals surface area (Å²) in [6.07, 6.45) is 8.66. The topological polar surface area (TPSA) is 40.2 Å². The van der Waals surface area contributed by atoms with E-state index in [1.165, 1.54) is 17.5 Å². The molecule has 4 heteroatoms. The SMILES string of the molecule is C/C=C(\C=C=CCOCC1CO1)c1cccc(COCC2CCCOC2)c1. The lowest BCUT2D eigenvalue weighted by Crippen LogP contribution is -2.21. The standard InChI is InChI=1S/C23H30O4/c1-2-21(9-3-4-11-25-17-23-18-27-23)22-10-5-7-19(13-22)14-26-16-20-8-6-12-24-15-20/h2,4-5,7,9-10,13,20,23H,6,8,11-12,14-18H2,1H3/b21-2+. The molecule has 2 aliphatic heterocycles. The lowest BCUT2D eigenvalue weighted by atomic mass is 10.0. The van der Waals surface area contributed by atoms with Crippen molar-refractivity contribution >= 4 is 5.57 Å². The van der Waals surface area contributed by atoms with Crippen molar-refractivity contribution in [1.82, 2.24) is 0 Å². The smallest absolute Gasteiger partial charge is 0.104 e. The summed E-state index contributed by atoms with van der Waals surface area (Å²) in [6, 6.07) is 8.50. The molecule has 2 unspecified atom stereocenters. The third-order valence-corrected chi connectivity index (χ3v) is 4.71. The van der Waals surface area contributed by atoms with Crippen LogP contribution >= 0.6 is 0 Å². The van der Waals surface area contributed by atoms with E-state index in [9.17, 15) is 0 Å². The van der Waals surface area contributed by atoms with E-state index in [0.717, 1.165) is 38.4 Å². The molecule has 2 saturated heterocycles. The quantitative estimate of drug-likeness (QED) is 0.268. The van der Waals surface area contributed by atoms with Gasteiger partial charge in [0.15, 0.2) is 0 Å². The van der Waals surface area contributed by atoms with Crippen LogP contribution in [0.25, 0.3) is 5.57 Å². The van der Waals surface area contributed by atoms with E-state index in [4.69, 9.17) is 18.9 Å². The summed E-state index contributed by atoms with van der Waals surface area (Å²) >= 11 is 0. The molecule has 1 aromatic rings. The second-order valence-corrected chi connectivity index (χ2v) is 7.05. The molecule has 2 aliphatic rings. The minimum Gasteiger partial charge on any atom is -0.381 e. The second-order valence-electron chi connectivity index (χ2n) is 7.05. The average molecular weight is 370 g/mol. The van der Waals surface area contributed by atoms with Crippen molar-refractivity contribution in [2.24, 2.45) is 5.92 Å². The number of hydrogen-bond acceptors (Lipinski definition) is 4. The van der Waals surface area contributed by atoms with Crippen LogP contribution in [0.3, 0.4) is 0 Å². The van der Waals surface area contributed by atoms with E-state index in [2.05, 4.69) is 36.1 Å². The van der Waals surface area contributed by atoms with Crippen molar-refractivity contribution < 1.29 is 18.9 Å². The van der Waals surface area contributed by atoms with Gasteiger partial charge in [0, 0.05) is 12.5 Å². The Balaban J connectivity index is 1.47. The molecule has 0 aromatic heterocycles. The Hall–Kier alpha value is -1.68. The fourth-order valence-corrected chi connectivity index (χ4v) is 3.08. The molecule has 3 rings (SSSR count). The predicted molar refractivity (Wildman–Crippen MR) is 107 cm³/mol. The molecule has 0 spiro atoms. The first kappa shape index (κ1) is 20.1. The number of allylic oxidation sites excluding steroid dienone is 2. The van der Waals surface area contributed by atoms with Gasteiger partial charge in [0.05, 0.1) is 39.6 Å². The van der Waals surface area contributed by atoms with Gasteiger partial charge in [0.2, 0.25) is 0 Å². The Morgan fingerprint density at radius 2 is 2.19 bits per heavy atom. The summed E-state index contributed by atoms with van der Waals surface area (Å²) in [5.74, 6) is 0.537. The van der Waals surface area contributed by atoms with Crippen LogP contribution < -0.4 is 0 Å². The van der Waals surface area contributed by atoms with Gasteiger partial charge in [-0.2, -0.15) is 0 Å². The summed E-state index contributed by atoms with van der Waals surface area (Å²) < 4.78 is 22.0. The van der Waals surface area contributed by atoms with Crippen molar-refractivity contribution in [3.63, 3.8) is 0 Å². The van der Waals surface area contributed by atoms with Crippen LogP contribution in [-0.2, 0) is 25.6 Å². The van der Waals surface area contributed by atoms with Gasteiger partial charge in [-0.3, -0.25) is 0 Å². The summed E-state index contributed by atoms with van der Waals surface area (Å²) in [7, 11) is 0. The molecule has 0 amide bonds. The lowest BCUT2D eigenvalue weighted by Gasteiger charge is -2.21. The minimum absolute atomic E-state index is 0.309. The van der Waals surface area contributed by atoms with Crippen LogP contribution in [0.1, 0.15) is 30.9 Å². The van der Waals surface area contributed by atoms with Crippen LogP contribution in [-0.4, -0.2) is 45.7 Å². The molecule has 0 bridgehead atoms. The first-order chi connectivity index (χ1) is 13.3. The van der Waals surface area contributed by atoms with E-state index in [1.807, 2.05) is 19.1 Å². The maximum atomic E-state index is 5.92. The highest BCUT2D eigenvalue weighted by Gasteiger charge is 2.21. The van der Waals surface area contributed by atoms with Crippen molar-refractivity contribution in [2.45, 2.75) is 32.5 Å². The zero-order chi connectivity index (χ0) is 18.7. The van der Waals surface area contributed by atoms with Crippen molar-refractivity contribution in [3.05, 3.63) is 59.4 Å². The average Bonchev–Trinajstić information content (AvgIpc) is 3.53. The van der Waals surface area contributed by atoms with Crippen LogP contribution in [0.5, 0.6) is 0 Å². The van der Waals surface area contributed by atoms with E-state index < -0.39 is 0 Å². The summed E-state index contributed by atoms with van der Waals surface area (Å²) in [4.78, 5) is 0. The van der Waals surface area contributed by atoms with Gasteiger partial charge < -0.3 is 18.9 Å². The third-order valence-electron chi connectivity index (χ3n) is 4.71. The zero-order valence-electron chi connectivity index (χ0n) is 16.2. The van der Waals surface area contributed by atoms with E-state index in [1.54, 1.807) is 0 Å². The molecule has 2 atom stereocenters. The molecule has 2 fully saturated rings. The third kappa shape index (κ3) is 7.45. The van der Waals surface area contributed by atoms with Gasteiger partial charge >= 0.3 is 0 Å². The number of hydrogen-bond donors (Lipinski definition) is 0. The normalized spacial score (nSPS) is 22.2. The fraction of sp³-hybridized carbons (Fsp3) is 0.522. The molecular formula is C23H30O4. The molecule has 4 nitrogen and oxygen atoms in total. The van der Waals surface area contributed by atoms with Crippen LogP contribution in [0, 0.1) is 5.92 Å². The number of ether oxygens (including phenoxy) is 4. The molecule has 0 aliphatic carbocycles. The maximum absolute atomic E-state index is 5.92. The molecule has 0 saturated carbocycles. The van der Waals surface area contributed by atoms with Gasteiger partial charge in [-0.15, -0.1) is 5.73 Å². The Kier molecular flexibility index (Phi) is 8.34. The van der Waals surface area contributed by atoms with Crippen molar-refractivity contribution in [2.75, 3.05) is 39.6 Å². The molecule has 146 valence electrons. The Morgan fingerprint density at radius 3 is 2.96 bits per heavy atom. The minimum atomic E-state index is 0.309. The molecule has 1 aromatic carbocycles. The monoisotopic (exact) mass is 370 g/mol. The number of benzene rings is 1. The summed E-state index contributed by atoms with van der Waals surface area (Å²) in [6.45, 7) is 7.24. The number of rotatable bonds is 10. The van der Waals surface area contributed by atoms with Gasteiger partial charge in [-0.05, 0) is 54.7 Å². The molecule has 2 heterocycles. The van der Waals surface area contributed by atoms with Gasteiger partial charge in [0.1, 0.15) is 6.10 Å². The predicted octanol–water partition coefficient (Wildman–Crippen LogP) is 4.16. The molecule has 0 radical (unpaired) electrons. The second kappa shape index (κ2) is 11.2. The molecule has 27 heavy (non-hydrogen) atoms. The lowest BCUT2D eigenvalue weighted by molar-refractivity contribution is 0.00107. The molecule has 0 N–H and O–H groups in total. The van der Waals surface area contributed by atoms with E-state index in [0.29, 0.717) is 31.8 Å². The number of epoxide rings is 1. The van der Waals surface area contributed by atoms with E-state index >= 15 is 0 Å². The Morgan fingerprint density at radius 1 is 1.26 bits per heavy atom. The van der Waals surface area contributed by atoms with E-state index in [-0.39, 0.29) is 0 Å². The summed E-state index contributed by atoms with van der Waals surface area (Å²) in [5.41, 5.74) is 6.71. The van der Waals surface area contributed by atoms with Crippen LogP contribution in [0.2, 0.25) is 0 Å². The van der Waals surface area contributed by atoms with Gasteiger partial charge in [0.25, 0.3) is 0 Å². The maximum Gasteiger partial charge on any atom is 0.104 e. The van der Waals surface area contributed by atoms with Crippen molar-refractivity contribution in [3.8, 4) is 0 Å². The van der Waals surface area contributed by atoms with Gasteiger partial charge in [-0.25, -0.2) is 0 Å². The highest BCUT2D eigenvalue weighted by molar-refractivity contribution is 5.73. The van der Waals surface area contributed by atoms with Gasteiger partial charge in [-0.1, -0.05) is 24.3 Å². The highest BCUT2D eigenvalue weighted by atomic mass is 16.6. The summed E-state index contributed by atoms with van der Waals surface area (Å²) in [5, 5.41) is 0. The Bertz CT molecular complexity index is 663.